The van der Waals surface area contributed by atoms with Crippen LogP contribution in [0, 0.1) is 0 Å². The Morgan fingerprint density at radius 2 is 2.25 bits per heavy atom. The monoisotopic (exact) mass is 361 g/mol. The Bertz CT molecular complexity index is 537. The summed E-state index contributed by atoms with van der Waals surface area (Å²) in [4.78, 5) is 24.7. The van der Waals surface area contributed by atoms with Gasteiger partial charge in [0.15, 0.2) is 0 Å². The quantitative estimate of drug-likeness (QED) is 0.897. The van der Waals surface area contributed by atoms with Gasteiger partial charge in [-0.2, -0.15) is 0 Å². The van der Waals surface area contributed by atoms with Gasteiger partial charge in [-0.3, -0.25) is 9.59 Å². The molecule has 2 rings (SSSR count). The molecule has 1 atom stereocenters. The van der Waals surface area contributed by atoms with Crippen molar-refractivity contribution in [2.24, 2.45) is 0 Å². The lowest BCUT2D eigenvalue weighted by Gasteiger charge is -2.32. The fourth-order valence-electron chi connectivity index (χ4n) is 2.05. The van der Waals surface area contributed by atoms with Gasteiger partial charge in [0.25, 0.3) is 5.91 Å². The summed E-state index contributed by atoms with van der Waals surface area (Å²) < 4.78 is 6.01. The molecule has 7 heteroatoms. The van der Waals surface area contributed by atoms with E-state index >= 15 is 0 Å². The van der Waals surface area contributed by atoms with Crippen molar-refractivity contribution >= 4 is 39.4 Å². The van der Waals surface area contributed by atoms with E-state index in [4.69, 9.17) is 21.4 Å². The second-order valence-electron chi connectivity index (χ2n) is 4.47. The highest BCUT2D eigenvalue weighted by molar-refractivity contribution is 9.10. The van der Waals surface area contributed by atoms with Crippen LogP contribution in [0.3, 0.4) is 0 Å². The van der Waals surface area contributed by atoms with Gasteiger partial charge in [0.2, 0.25) is 0 Å². The smallest absolute Gasteiger partial charge is 0.306 e. The number of hydrogen-bond acceptors (Lipinski definition) is 3. The van der Waals surface area contributed by atoms with E-state index in [1.807, 2.05) is 0 Å². The van der Waals surface area contributed by atoms with Gasteiger partial charge in [0, 0.05) is 22.6 Å². The molecule has 0 aliphatic carbocycles. The maximum absolute atomic E-state index is 12.4. The van der Waals surface area contributed by atoms with Gasteiger partial charge in [-0.25, -0.2) is 0 Å². The van der Waals surface area contributed by atoms with E-state index in [-0.39, 0.29) is 18.9 Å². The number of benzene rings is 1. The third-order valence-electron chi connectivity index (χ3n) is 2.99. The SMILES string of the molecule is O=C(O)CC1CN(C(=O)c2cc(Cl)ccc2Br)CCO1. The van der Waals surface area contributed by atoms with Crippen molar-refractivity contribution in [1.82, 2.24) is 4.90 Å². The minimum Gasteiger partial charge on any atom is -0.481 e. The van der Waals surface area contributed by atoms with Crippen molar-refractivity contribution in [3.8, 4) is 0 Å². The third-order valence-corrected chi connectivity index (χ3v) is 3.91. The first-order chi connectivity index (χ1) is 9.47. The summed E-state index contributed by atoms with van der Waals surface area (Å²) in [6.45, 7) is 1.04. The van der Waals surface area contributed by atoms with E-state index in [2.05, 4.69) is 15.9 Å². The number of nitrogens with zero attached hydrogens (tertiary/aromatic N) is 1. The Kier molecular flexibility index (Phi) is 5.01. The number of amides is 1. The number of morpholine rings is 1. The van der Waals surface area contributed by atoms with Crippen LogP contribution in [-0.2, 0) is 9.53 Å². The fourth-order valence-corrected chi connectivity index (χ4v) is 2.64. The Labute approximate surface area is 129 Å². The first-order valence-electron chi connectivity index (χ1n) is 6.05. The van der Waals surface area contributed by atoms with Gasteiger partial charge in [0.05, 0.1) is 24.7 Å². The van der Waals surface area contributed by atoms with Crippen LogP contribution >= 0.6 is 27.5 Å². The summed E-state index contributed by atoms with van der Waals surface area (Å²) in [5, 5.41) is 9.26. The average Bonchev–Trinajstić information content (AvgIpc) is 2.40. The van der Waals surface area contributed by atoms with E-state index in [0.29, 0.717) is 28.2 Å². The highest BCUT2D eigenvalue weighted by Gasteiger charge is 2.27. The van der Waals surface area contributed by atoms with E-state index in [1.165, 1.54) is 0 Å². The van der Waals surface area contributed by atoms with E-state index in [0.717, 1.165) is 0 Å². The predicted molar refractivity (Wildman–Crippen MR) is 77.0 cm³/mol. The van der Waals surface area contributed by atoms with Gasteiger partial charge in [0.1, 0.15) is 0 Å². The molecule has 1 saturated heterocycles. The van der Waals surface area contributed by atoms with E-state index in [1.54, 1.807) is 23.1 Å². The largest absolute Gasteiger partial charge is 0.481 e. The molecule has 20 heavy (non-hydrogen) atoms. The van der Waals surface area contributed by atoms with Crippen molar-refractivity contribution in [3.63, 3.8) is 0 Å². The van der Waals surface area contributed by atoms with Crippen molar-refractivity contribution in [2.45, 2.75) is 12.5 Å². The standard InChI is InChI=1S/C13H13BrClNO4/c14-11-2-1-8(15)5-10(11)13(19)16-3-4-20-9(7-16)6-12(17)18/h1-2,5,9H,3-4,6-7H2,(H,17,18). The molecule has 5 nitrogen and oxygen atoms in total. The second-order valence-corrected chi connectivity index (χ2v) is 5.76. The number of carboxylic acid groups (broad SMARTS) is 1. The van der Waals surface area contributed by atoms with Crippen molar-refractivity contribution in [2.75, 3.05) is 19.7 Å². The van der Waals surface area contributed by atoms with Crippen molar-refractivity contribution in [3.05, 3.63) is 33.3 Å². The number of carboxylic acids is 1. The lowest BCUT2D eigenvalue weighted by molar-refractivity contribution is -0.141. The molecule has 1 heterocycles. The van der Waals surface area contributed by atoms with Gasteiger partial charge in [-0.05, 0) is 34.1 Å². The van der Waals surface area contributed by atoms with Crippen LogP contribution < -0.4 is 0 Å². The third kappa shape index (κ3) is 3.71. The van der Waals surface area contributed by atoms with Crippen molar-refractivity contribution in [1.29, 1.82) is 0 Å². The molecule has 108 valence electrons. The zero-order chi connectivity index (χ0) is 14.7. The zero-order valence-electron chi connectivity index (χ0n) is 10.5. The molecule has 0 saturated carbocycles. The minimum atomic E-state index is -0.937. The Morgan fingerprint density at radius 3 is 2.95 bits per heavy atom. The van der Waals surface area contributed by atoms with Crippen LogP contribution in [0.2, 0.25) is 5.02 Å². The number of halogens is 2. The molecule has 1 aliphatic heterocycles. The van der Waals surface area contributed by atoms with Crippen LogP contribution in [0.1, 0.15) is 16.8 Å². The molecule has 1 amide bonds. The average molecular weight is 363 g/mol. The molecule has 0 spiro atoms. The van der Waals surface area contributed by atoms with Crippen LogP contribution in [0.15, 0.2) is 22.7 Å². The van der Waals surface area contributed by atoms with Gasteiger partial charge >= 0.3 is 5.97 Å². The number of aliphatic carboxylic acids is 1. The van der Waals surface area contributed by atoms with Crippen LogP contribution in [0.5, 0.6) is 0 Å². The molecule has 1 N–H and O–H groups in total. The first-order valence-corrected chi connectivity index (χ1v) is 7.22. The molecule has 1 aliphatic rings. The zero-order valence-corrected chi connectivity index (χ0v) is 12.9. The van der Waals surface area contributed by atoms with Crippen molar-refractivity contribution < 1.29 is 19.4 Å². The maximum Gasteiger partial charge on any atom is 0.306 e. The lowest BCUT2D eigenvalue weighted by Crippen LogP contribution is -2.46. The highest BCUT2D eigenvalue weighted by atomic mass is 79.9. The summed E-state index contributed by atoms with van der Waals surface area (Å²) in [6, 6.07) is 5.00. The molecule has 0 aromatic heterocycles. The first kappa shape index (κ1) is 15.3. The number of carbonyl (C=O) groups is 2. The molecule has 0 radical (unpaired) electrons. The number of carbonyl (C=O) groups excluding carboxylic acids is 1. The van der Waals surface area contributed by atoms with Gasteiger partial charge < -0.3 is 14.7 Å². The summed E-state index contributed by atoms with van der Waals surface area (Å²) in [5.74, 6) is -1.12. The highest BCUT2D eigenvalue weighted by Crippen LogP contribution is 2.23. The summed E-state index contributed by atoms with van der Waals surface area (Å²) >= 11 is 9.22. The Hall–Kier alpha value is -1.11. The Morgan fingerprint density at radius 1 is 1.50 bits per heavy atom. The molecular weight excluding hydrogens is 350 g/mol. The molecule has 0 bridgehead atoms. The summed E-state index contributed by atoms with van der Waals surface area (Å²) in [7, 11) is 0. The van der Waals surface area contributed by atoms with Gasteiger partial charge in [-0.1, -0.05) is 11.6 Å². The normalized spacial score (nSPS) is 18.9. The molecule has 1 aromatic carbocycles. The number of rotatable bonds is 3. The topological polar surface area (TPSA) is 66.8 Å². The predicted octanol–water partition coefficient (Wildman–Crippen LogP) is 2.42. The molecular formula is C13H13BrClNO4. The second kappa shape index (κ2) is 6.56. The Balaban J connectivity index is 2.12. The summed E-state index contributed by atoms with van der Waals surface area (Å²) in [6.07, 6.45) is -0.580. The maximum atomic E-state index is 12.4. The van der Waals surface area contributed by atoms with Crippen LogP contribution in [-0.4, -0.2) is 47.7 Å². The number of hydrogen-bond donors (Lipinski definition) is 1. The minimum absolute atomic E-state index is 0.111. The number of ether oxygens (including phenoxy) is 1. The lowest BCUT2D eigenvalue weighted by atomic mass is 10.1. The molecule has 1 aromatic rings. The van der Waals surface area contributed by atoms with E-state index < -0.39 is 12.1 Å². The fraction of sp³-hybridized carbons (Fsp3) is 0.385. The summed E-state index contributed by atoms with van der Waals surface area (Å²) in [5.41, 5.74) is 0.466. The van der Waals surface area contributed by atoms with Gasteiger partial charge in [-0.15, -0.1) is 0 Å². The van der Waals surface area contributed by atoms with E-state index in [9.17, 15) is 9.59 Å². The molecule has 1 fully saturated rings. The molecule has 1 unspecified atom stereocenters. The van der Waals surface area contributed by atoms with Crippen LogP contribution in [0.4, 0.5) is 0 Å². The van der Waals surface area contributed by atoms with Crippen LogP contribution in [0.25, 0.3) is 0 Å².